The van der Waals surface area contributed by atoms with Gasteiger partial charge in [0.05, 0.1) is 18.8 Å². The van der Waals surface area contributed by atoms with Crippen LogP contribution in [-0.4, -0.2) is 24.1 Å². The summed E-state index contributed by atoms with van der Waals surface area (Å²) in [6, 6.07) is 10.7. The summed E-state index contributed by atoms with van der Waals surface area (Å²) in [5, 5.41) is 9.68. The molecule has 0 aliphatic heterocycles. The molecule has 124 valence electrons. The SMILES string of the molecule is COc1cc(/C=C2\Cc3cccc(OC(C)C)c3C2=O)ccc1O. The molecule has 1 aliphatic carbocycles. The molecule has 2 aromatic rings. The van der Waals surface area contributed by atoms with E-state index in [1.807, 2.05) is 38.1 Å². The first-order chi connectivity index (χ1) is 11.5. The van der Waals surface area contributed by atoms with Crippen molar-refractivity contribution < 1.29 is 19.4 Å². The third-order valence-electron chi connectivity index (χ3n) is 3.92. The average Bonchev–Trinajstić information content (AvgIpc) is 2.86. The molecule has 0 amide bonds. The molecule has 0 spiro atoms. The Morgan fingerprint density at radius 3 is 2.67 bits per heavy atom. The molecule has 0 saturated heterocycles. The molecule has 0 heterocycles. The van der Waals surface area contributed by atoms with E-state index in [-0.39, 0.29) is 17.6 Å². The smallest absolute Gasteiger partial charge is 0.193 e. The summed E-state index contributed by atoms with van der Waals surface area (Å²) in [5.41, 5.74) is 3.16. The Balaban J connectivity index is 1.96. The highest BCUT2D eigenvalue weighted by Crippen LogP contribution is 2.35. The number of rotatable bonds is 4. The number of hydrogen-bond acceptors (Lipinski definition) is 4. The molecule has 1 N–H and O–H groups in total. The summed E-state index contributed by atoms with van der Waals surface area (Å²) >= 11 is 0. The largest absolute Gasteiger partial charge is 0.504 e. The Kier molecular flexibility index (Phi) is 4.30. The Bertz CT molecular complexity index is 818. The van der Waals surface area contributed by atoms with Crippen LogP contribution >= 0.6 is 0 Å². The van der Waals surface area contributed by atoms with Crippen molar-refractivity contribution in [3.63, 3.8) is 0 Å². The number of phenols is 1. The topological polar surface area (TPSA) is 55.8 Å². The molecular formula is C20H20O4. The van der Waals surface area contributed by atoms with Gasteiger partial charge in [-0.2, -0.15) is 0 Å². The van der Waals surface area contributed by atoms with Crippen molar-refractivity contribution in [1.82, 2.24) is 0 Å². The van der Waals surface area contributed by atoms with Crippen molar-refractivity contribution >= 4 is 11.9 Å². The Hall–Kier alpha value is -2.75. The molecule has 0 aromatic heterocycles. The van der Waals surface area contributed by atoms with E-state index in [4.69, 9.17) is 9.47 Å². The second-order valence-electron chi connectivity index (χ2n) is 6.06. The summed E-state index contributed by atoms with van der Waals surface area (Å²) in [6.07, 6.45) is 2.43. The van der Waals surface area contributed by atoms with E-state index in [0.717, 1.165) is 11.1 Å². The first kappa shape index (κ1) is 16.1. The van der Waals surface area contributed by atoms with Crippen LogP contribution in [-0.2, 0) is 6.42 Å². The molecule has 3 rings (SSSR count). The second kappa shape index (κ2) is 6.40. The highest BCUT2D eigenvalue weighted by molar-refractivity contribution is 6.17. The number of carbonyl (C=O) groups is 1. The maximum atomic E-state index is 12.8. The van der Waals surface area contributed by atoms with Gasteiger partial charge in [0.1, 0.15) is 5.75 Å². The van der Waals surface area contributed by atoms with Gasteiger partial charge in [-0.3, -0.25) is 4.79 Å². The van der Waals surface area contributed by atoms with Crippen LogP contribution in [0.15, 0.2) is 42.0 Å². The lowest BCUT2D eigenvalue weighted by molar-refractivity contribution is 0.103. The minimum absolute atomic E-state index is 0.00621. The van der Waals surface area contributed by atoms with Crippen LogP contribution in [0.25, 0.3) is 6.08 Å². The summed E-state index contributed by atoms with van der Waals surface area (Å²) in [4.78, 5) is 12.8. The third kappa shape index (κ3) is 3.00. The lowest BCUT2D eigenvalue weighted by atomic mass is 10.1. The van der Waals surface area contributed by atoms with Gasteiger partial charge in [-0.05, 0) is 49.2 Å². The standard InChI is InChI=1S/C20H20O4/c1-12(2)24-17-6-4-5-14-11-15(20(22)19(14)17)9-13-7-8-16(21)18(10-13)23-3/h4-10,12,21H,11H2,1-3H3/b15-9+. The molecule has 0 atom stereocenters. The predicted molar refractivity (Wildman–Crippen MR) is 92.9 cm³/mol. The van der Waals surface area contributed by atoms with Gasteiger partial charge >= 0.3 is 0 Å². The van der Waals surface area contributed by atoms with Crippen molar-refractivity contribution in [2.45, 2.75) is 26.4 Å². The highest BCUT2D eigenvalue weighted by atomic mass is 16.5. The number of ether oxygens (including phenoxy) is 2. The summed E-state index contributed by atoms with van der Waals surface area (Å²) < 4.78 is 10.9. The lowest BCUT2D eigenvalue weighted by Gasteiger charge is -2.12. The number of carbonyl (C=O) groups excluding carboxylic acids is 1. The van der Waals surface area contributed by atoms with Gasteiger partial charge in [-0.25, -0.2) is 0 Å². The van der Waals surface area contributed by atoms with E-state index in [1.165, 1.54) is 7.11 Å². The molecule has 0 saturated carbocycles. The Morgan fingerprint density at radius 1 is 1.17 bits per heavy atom. The van der Waals surface area contributed by atoms with Crippen molar-refractivity contribution in [2.75, 3.05) is 7.11 Å². The van der Waals surface area contributed by atoms with Gasteiger partial charge < -0.3 is 14.6 Å². The van der Waals surface area contributed by atoms with E-state index in [0.29, 0.717) is 29.1 Å². The fraction of sp³-hybridized carbons (Fsp3) is 0.250. The van der Waals surface area contributed by atoms with Crippen molar-refractivity contribution in [3.05, 3.63) is 58.7 Å². The predicted octanol–water partition coefficient (Wildman–Crippen LogP) is 4.01. The van der Waals surface area contributed by atoms with Crippen LogP contribution in [0.2, 0.25) is 0 Å². The zero-order valence-corrected chi connectivity index (χ0v) is 14.0. The van der Waals surface area contributed by atoms with Gasteiger partial charge in [0.2, 0.25) is 0 Å². The molecule has 2 aromatic carbocycles. The number of phenolic OH excluding ortho intramolecular Hbond substituents is 1. The van der Waals surface area contributed by atoms with E-state index < -0.39 is 0 Å². The van der Waals surface area contributed by atoms with Gasteiger partial charge in [-0.15, -0.1) is 0 Å². The Labute approximate surface area is 141 Å². The van der Waals surface area contributed by atoms with Crippen molar-refractivity contribution in [2.24, 2.45) is 0 Å². The molecule has 0 bridgehead atoms. The molecule has 0 radical (unpaired) electrons. The van der Waals surface area contributed by atoms with Gasteiger partial charge in [0, 0.05) is 12.0 Å². The normalized spacial score (nSPS) is 15.0. The molecule has 4 nitrogen and oxygen atoms in total. The maximum Gasteiger partial charge on any atom is 0.193 e. The molecule has 4 heteroatoms. The van der Waals surface area contributed by atoms with Crippen LogP contribution in [0.4, 0.5) is 0 Å². The number of benzene rings is 2. The number of hydrogen-bond donors (Lipinski definition) is 1. The number of methoxy groups -OCH3 is 1. The van der Waals surface area contributed by atoms with Gasteiger partial charge in [-0.1, -0.05) is 18.2 Å². The third-order valence-corrected chi connectivity index (χ3v) is 3.92. The molecule has 0 fully saturated rings. The van der Waals surface area contributed by atoms with Crippen LogP contribution in [0, 0.1) is 0 Å². The van der Waals surface area contributed by atoms with Crippen LogP contribution < -0.4 is 9.47 Å². The van der Waals surface area contributed by atoms with E-state index in [1.54, 1.807) is 18.2 Å². The van der Waals surface area contributed by atoms with Gasteiger partial charge in [0.15, 0.2) is 17.3 Å². The first-order valence-electron chi connectivity index (χ1n) is 7.90. The van der Waals surface area contributed by atoms with E-state index in [9.17, 15) is 9.90 Å². The molecule has 24 heavy (non-hydrogen) atoms. The number of aromatic hydroxyl groups is 1. The fourth-order valence-corrected chi connectivity index (χ4v) is 2.88. The van der Waals surface area contributed by atoms with Gasteiger partial charge in [0.25, 0.3) is 0 Å². The Morgan fingerprint density at radius 2 is 1.96 bits per heavy atom. The average molecular weight is 324 g/mol. The van der Waals surface area contributed by atoms with Crippen molar-refractivity contribution in [3.8, 4) is 17.2 Å². The first-order valence-corrected chi connectivity index (χ1v) is 7.90. The zero-order valence-electron chi connectivity index (χ0n) is 14.0. The van der Waals surface area contributed by atoms with E-state index in [2.05, 4.69) is 0 Å². The summed E-state index contributed by atoms with van der Waals surface area (Å²) in [7, 11) is 1.50. The summed E-state index contributed by atoms with van der Waals surface area (Å²) in [6.45, 7) is 3.89. The number of allylic oxidation sites excluding steroid dienone is 1. The number of fused-ring (bicyclic) bond motifs is 1. The lowest BCUT2D eigenvalue weighted by Crippen LogP contribution is -2.09. The molecular weight excluding hydrogens is 304 g/mol. The summed E-state index contributed by atoms with van der Waals surface area (Å²) in [5.74, 6) is 1.09. The van der Waals surface area contributed by atoms with Crippen molar-refractivity contribution in [1.29, 1.82) is 0 Å². The van der Waals surface area contributed by atoms with Crippen LogP contribution in [0.1, 0.15) is 35.3 Å². The van der Waals surface area contributed by atoms with E-state index >= 15 is 0 Å². The zero-order chi connectivity index (χ0) is 17.3. The fourth-order valence-electron chi connectivity index (χ4n) is 2.88. The molecule has 1 aliphatic rings. The van der Waals surface area contributed by atoms with Crippen LogP contribution in [0.5, 0.6) is 17.2 Å². The highest BCUT2D eigenvalue weighted by Gasteiger charge is 2.28. The second-order valence-corrected chi connectivity index (χ2v) is 6.06. The van der Waals surface area contributed by atoms with Crippen LogP contribution in [0.3, 0.4) is 0 Å². The molecule has 0 unspecified atom stereocenters. The number of Topliss-reactive ketones (excluding diaryl/α,β-unsaturated/α-hetero) is 1. The minimum atomic E-state index is -0.00621. The maximum absolute atomic E-state index is 12.8. The minimum Gasteiger partial charge on any atom is -0.504 e. The quantitative estimate of drug-likeness (QED) is 0.863. The monoisotopic (exact) mass is 324 g/mol. The number of ketones is 1.